The molecule has 0 atom stereocenters. The van der Waals surface area contributed by atoms with E-state index in [0.29, 0.717) is 19.4 Å². The summed E-state index contributed by atoms with van der Waals surface area (Å²) in [5.41, 5.74) is 0.863. The van der Waals surface area contributed by atoms with Crippen LogP contribution in [0.1, 0.15) is 25.7 Å². The molecule has 1 aliphatic rings. The molecule has 0 unspecified atom stereocenters. The molecule has 0 heterocycles. The lowest BCUT2D eigenvalue weighted by atomic mass is 10.0. The van der Waals surface area contributed by atoms with Crippen molar-refractivity contribution in [3.05, 3.63) is 11.8 Å². The van der Waals surface area contributed by atoms with Crippen LogP contribution in [0.4, 0.5) is 0 Å². The van der Waals surface area contributed by atoms with Crippen molar-refractivity contribution >= 4 is 15.9 Å². The molecule has 15 heavy (non-hydrogen) atoms. The van der Waals surface area contributed by atoms with Gasteiger partial charge in [0.2, 0.25) is 0 Å². The van der Waals surface area contributed by atoms with Crippen LogP contribution in [-0.2, 0) is 14.9 Å². The summed E-state index contributed by atoms with van der Waals surface area (Å²) in [5.74, 6) is -0.139. The molecule has 0 aliphatic heterocycles. The fourth-order valence-corrected chi connectivity index (χ4v) is 1.94. The van der Waals surface area contributed by atoms with Gasteiger partial charge in [-0.2, -0.15) is 8.42 Å². The number of rotatable bonds is 5. The summed E-state index contributed by atoms with van der Waals surface area (Å²) in [6.45, 7) is 0.457. The smallest absolute Gasteiger partial charge is 0.264 e. The van der Waals surface area contributed by atoms with Crippen molar-refractivity contribution in [2.24, 2.45) is 0 Å². The van der Waals surface area contributed by atoms with E-state index in [2.05, 4.69) is 5.32 Å². The Hall–Kier alpha value is -0.880. The molecule has 5 nitrogen and oxygen atoms in total. The molecule has 0 spiro atoms. The van der Waals surface area contributed by atoms with Gasteiger partial charge in [-0.3, -0.25) is 9.35 Å². The molecule has 6 heteroatoms. The van der Waals surface area contributed by atoms with Gasteiger partial charge in [-0.15, -0.1) is 0 Å². The average molecular weight is 233 g/mol. The third-order valence-corrected chi connectivity index (χ3v) is 2.94. The van der Waals surface area contributed by atoms with Crippen LogP contribution in [0.2, 0.25) is 0 Å². The van der Waals surface area contributed by atoms with Crippen molar-refractivity contribution in [3.63, 3.8) is 0 Å². The van der Waals surface area contributed by atoms with Crippen LogP contribution in [0.25, 0.3) is 0 Å². The Balaban J connectivity index is 2.23. The predicted octanol–water partition coefficient (Wildman–Crippen LogP) is 0.491. The maximum atomic E-state index is 11.0. The minimum absolute atomic E-state index is 0.110. The third-order valence-electron chi connectivity index (χ3n) is 2.14. The first-order chi connectivity index (χ1) is 6.97. The van der Waals surface area contributed by atoms with Crippen LogP contribution in [0.3, 0.4) is 0 Å². The number of nitrogens with one attached hydrogen (secondary N) is 1. The van der Waals surface area contributed by atoms with Gasteiger partial charge in [0.25, 0.3) is 10.1 Å². The first kappa shape index (κ1) is 12.2. The van der Waals surface area contributed by atoms with E-state index in [1.807, 2.05) is 0 Å². The molecule has 1 aliphatic carbocycles. The first-order valence-electron chi connectivity index (χ1n) is 4.90. The molecule has 0 saturated carbocycles. The number of carbonyl (C=O) groups excluding carboxylic acids is 1. The maximum absolute atomic E-state index is 11.0. The van der Waals surface area contributed by atoms with E-state index in [9.17, 15) is 13.2 Å². The standard InChI is InChI=1S/C9H15NO4S/c11-9-4-1-3-8(7-9)10-5-2-6-15(12,13)14/h7,10H,1-6H2,(H,12,13,14). The van der Waals surface area contributed by atoms with E-state index in [1.54, 1.807) is 6.08 Å². The van der Waals surface area contributed by atoms with Gasteiger partial charge in [0, 0.05) is 24.7 Å². The largest absolute Gasteiger partial charge is 0.388 e. The van der Waals surface area contributed by atoms with Crippen LogP contribution in [0, 0.1) is 0 Å². The van der Waals surface area contributed by atoms with Gasteiger partial charge in [0.1, 0.15) is 0 Å². The number of ketones is 1. The zero-order chi connectivity index (χ0) is 11.3. The predicted molar refractivity (Wildman–Crippen MR) is 56.0 cm³/mol. The second-order valence-corrected chi connectivity index (χ2v) is 5.13. The highest BCUT2D eigenvalue weighted by Gasteiger charge is 2.09. The Morgan fingerprint density at radius 3 is 2.73 bits per heavy atom. The SMILES string of the molecule is O=C1C=C(NCCCS(=O)(=O)O)CCC1. The molecule has 0 saturated heterocycles. The molecule has 0 aromatic rings. The average Bonchev–Trinajstić information content (AvgIpc) is 2.11. The lowest BCUT2D eigenvalue weighted by Gasteiger charge is -2.13. The molecular formula is C9H15NO4S. The first-order valence-corrected chi connectivity index (χ1v) is 6.51. The van der Waals surface area contributed by atoms with Crippen molar-refractivity contribution in [2.45, 2.75) is 25.7 Å². The van der Waals surface area contributed by atoms with Crippen molar-refractivity contribution in [3.8, 4) is 0 Å². The van der Waals surface area contributed by atoms with Gasteiger partial charge < -0.3 is 5.32 Å². The molecule has 0 radical (unpaired) electrons. The van der Waals surface area contributed by atoms with Gasteiger partial charge in [-0.1, -0.05) is 0 Å². The molecule has 0 aromatic heterocycles. The Kier molecular flexibility index (Phi) is 4.28. The van der Waals surface area contributed by atoms with E-state index >= 15 is 0 Å². The maximum Gasteiger partial charge on any atom is 0.264 e. The molecular weight excluding hydrogens is 218 g/mol. The van der Waals surface area contributed by atoms with Crippen LogP contribution in [0.5, 0.6) is 0 Å². The highest BCUT2D eigenvalue weighted by atomic mass is 32.2. The quantitative estimate of drug-likeness (QED) is 0.533. The minimum Gasteiger partial charge on any atom is -0.388 e. The van der Waals surface area contributed by atoms with Gasteiger partial charge in [-0.25, -0.2) is 0 Å². The molecule has 0 amide bonds. The van der Waals surface area contributed by atoms with Crippen molar-refractivity contribution < 1.29 is 17.8 Å². The molecule has 0 bridgehead atoms. The highest BCUT2D eigenvalue weighted by Crippen LogP contribution is 2.12. The summed E-state index contributed by atoms with van der Waals surface area (Å²) in [7, 11) is -3.86. The van der Waals surface area contributed by atoms with Crippen LogP contribution >= 0.6 is 0 Å². The van der Waals surface area contributed by atoms with Crippen LogP contribution in [-0.4, -0.2) is 31.1 Å². The Morgan fingerprint density at radius 1 is 1.40 bits per heavy atom. The molecule has 1 rings (SSSR count). The zero-order valence-electron chi connectivity index (χ0n) is 8.40. The summed E-state index contributed by atoms with van der Waals surface area (Å²) < 4.78 is 29.3. The fraction of sp³-hybridized carbons (Fsp3) is 0.667. The van der Waals surface area contributed by atoms with Gasteiger partial charge >= 0.3 is 0 Å². The van der Waals surface area contributed by atoms with Crippen LogP contribution < -0.4 is 5.32 Å². The van der Waals surface area contributed by atoms with Gasteiger partial charge in [0.15, 0.2) is 5.78 Å². The van der Waals surface area contributed by atoms with Crippen LogP contribution in [0.15, 0.2) is 11.8 Å². The molecule has 0 aromatic carbocycles. The van der Waals surface area contributed by atoms with E-state index in [4.69, 9.17) is 4.55 Å². The number of hydrogen-bond acceptors (Lipinski definition) is 4. The normalized spacial score (nSPS) is 17.4. The molecule has 2 N–H and O–H groups in total. The molecule has 0 fully saturated rings. The summed E-state index contributed by atoms with van der Waals surface area (Å²) in [6.07, 6.45) is 4.17. The zero-order valence-corrected chi connectivity index (χ0v) is 9.22. The number of allylic oxidation sites excluding steroid dienone is 2. The summed E-state index contributed by atoms with van der Waals surface area (Å²) >= 11 is 0. The highest BCUT2D eigenvalue weighted by molar-refractivity contribution is 7.85. The second-order valence-electron chi connectivity index (χ2n) is 3.56. The van der Waals surface area contributed by atoms with E-state index < -0.39 is 10.1 Å². The lowest BCUT2D eigenvalue weighted by molar-refractivity contribution is -0.115. The molecule has 86 valence electrons. The Morgan fingerprint density at radius 2 is 2.13 bits per heavy atom. The Bertz CT molecular complexity index is 358. The third kappa shape index (κ3) is 5.54. The van der Waals surface area contributed by atoms with Crippen molar-refractivity contribution in [1.82, 2.24) is 5.32 Å². The topological polar surface area (TPSA) is 83.5 Å². The summed E-state index contributed by atoms with van der Waals surface area (Å²) in [6, 6.07) is 0. The Labute approximate surface area is 89.3 Å². The minimum atomic E-state index is -3.86. The van der Waals surface area contributed by atoms with E-state index in [1.165, 1.54) is 0 Å². The van der Waals surface area contributed by atoms with Gasteiger partial charge in [-0.05, 0) is 19.3 Å². The second kappa shape index (κ2) is 5.27. The fourth-order valence-electron chi connectivity index (χ4n) is 1.43. The summed E-state index contributed by atoms with van der Waals surface area (Å²) in [5, 5.41) is 2.99. The van der Waals surface area contributed by atoms with E-state index in [0.717, 1.165) is 18.5 Å². The number of carbonyl (C=O) groups is 1. The van der Waals surface area contributed by atoms with Crippen molar-refractivity contribution in [1.29, 1.82) is 0 Å². The van der Waals surface area contributed by atoms with E-state index in [-0.39, 0.29) is 11.5 Å². The lowest BCUT2D eigenvalue weighted by Crippen LogP contribution is -2.20. The monoisotopic (exact) mass is 233 g/mol. The number of hydrogen-bond donors (Lipinski definition) is 2. The van der Waals surface area contributed by atoms with Crippen molar-refractivity contribution in [2.75, 3.05) is 12.3 Å². The van der Waals surface area contributed by atoms with Gasteiger partial charge in [0.05, 0.1) is 5.75 Å². The summed E-state index contributed by atoms with van der Waals surface area (Å²) in [4.78, 5) is 11.0.